The summed E-state index contributed by atoms with van der Waals surface area (Å²) < 4.78 is 54.2. The molecule has 2 saturated carbocycles. The van der Waals surface area contributed by atoms with Crippen LogP contribution in [0.2, 0.25) is 0 Å². The lowest BCUT2D eigenvalue weighted by atomic mass is 10.0. The van der Waals surface area contributed by atoms with Crippen molar-refractivity contribution in [1.82, 2.24) is 14.8 Å². The summed E-state index contributed by atoms with van der Waals surface area (Å²) in [5, 5.41) is 6.94. The Balaban J connectivity index is 1.51. The fourth-order valence-corrected chi connectivity index (χ4v) is 5.00. The number of thiophene rings is 1. The number of nitrogens with one attached hydrogen (secondary N) is 1. The molecule has 2 aliphatic carbocycles. The van der Waals surface area contributed by atoms with Gasteiger partial charge in [-0.1, -0.05) is 0 Å². The van der Waals surface area contributed by atoms with Crippen molar-refractivity contribution in [1.29, 1.82) is 0 Å². The first-order valence-corrected chi connectivity index (χ1v) is 11.3. The van der Waals surface area contributed by atoms with Crippen molar-refractivity contribution in [2.24, 2.45) is 5.73 Å². The molecule has 12 heteroatoms. The maximum atomic E-state index is 13.4. The minimum absolute atomic E-state index is 0.00434. The van der Waals surface area contributed by atoms with E-state index in [-0.39, 0.29) is 33.8 Å². The zero-order valence-corrected chi connectivity index (χ0v) is 18.0. The zero-order valence-electron chi connectivity index (χ0n) is 17.2. The van der Waals surface area contributed by atoms with Crippen LogP contribution in [0.1, 0.15) is 82.7 Å². The predicted molar refractivity (Wildman–Crippen MR) is 113 cm³/mol. The van der Waals surface area contributed by atoms with Gasteiger partial charge in [0, 0.05) is 17.0 Å². The minimum Gasteiger partial charge on any atom is -0.365 e. The second-order valence-electron chi connectivity index (χ2n) is 8.34. The summed E-state index contributed by atoms with van der Waals surface area (Å²) in [6.07, 6.45) is -2.28. The highest BCUT2D eigenvalue weighted by Crippen LogP contribution is 2.48. The fraction of sp³-hybridized carbons (Fsp3) is 0.429. The molecule has 0 saturated heterocycles. The summed E-state index contributed by atoms with van der Waals surface area (Å²) in [4.78, 5) is 29.1. The second kappa shape index (κ2) is 8.08. The fourth-order valence-electron chi connectivity index (χ4n) is 3.98. The number of nitrogens with zero attached hydrogens (tertiary/aromatic N) is 3. The minimum atomic E-state index is -2.78. The maximum Gasteiger partial charge on any atom is 0.282 e. The first-order chi connectivity index (χ1) is 15.7. The van der Waals surface area contributed by atoms with Crippen LogP contribution in [-0.2, 0) is 11.3 Å². The molecule has 0 spiro atoms. The molecule has 3 aromatic heterocycles. The number of halogens is 4. The number of pyridine rings is 1. The van der Waals surface area contributed by atoms with Crippen LogP contribution < -0.4 is 11.1 Å². The van der Waals surface area contributed by atoms with Crippen molar-refractivity contribution in [2.45, 2.75) is 56.9 Å². The molecule has 174 valence electrons. The average Bonchev–Trinajstić information content (AvgIpc) is 3.68. The third-order valence-electron chi connectivity index (χ3n) is 5.78. The third-order valence-corrected chi connectivity index (χ3v) is 6.88. The van der Waals surface area contributed by atoms with E-state index < -0.39 is 36.1 Å². The molecule has 0 unspecified atom stereocenters. The Kier molecular flexibility index (Phi) is 5.34. The first-order valence-electron chi connectivity index (χ1n) is 10.4. The maximum absolute atomic E-state index is 13.4. The number of fused-ring (bicyclic) bond motifs is 1. The van der Waals surface area contributed by atoms with Crippen LogP contribution in [0.5, 0.6) is 0 Å². The molecule has 0 aliphatic heterocycles. The van der Waals surface area contributed by atoms with Crippen LogP contribution in [-0.4, -0.2) is 26.6 Å². The zero-order chi connectivity index (χ0) is 23.4. The lowest BCUT2D eigenvalue weighted by Crippen LogP contribution is -2.22. The Morgan fingerprint density at radius 3 is 2.33 bits per heavy atom. The largest absolute Gasteiger partial charge is 0.365 e. The number of primary amides is 1. The van der Waals surface area contributed by atoms with Crippen molar-refractivity contribution in [3.63, 3.8) is 0 Å². The number of hydrogen-bond donors (Lipinski definition) is 2. The van der Waals surface area contributed by atoms with Crippen molar-refractivity contribution in [2.75, 3.05) is 5.32 Å². The normalized spacial score (nSPS) is 16.2. The summed E-state index contributed by atoms with van der Waals surface area (Å²) in [5.41, 5.74) is 5.97. The summed E-state index contributed by atoms with van der Waals surface area (Å²) in [7, 11) is 0. The number of nitrogens with two attached hydrogens (primary N) is 1. The molecular weight excluding hydrogens is 462 g/mol. The highest BCUT2D eigenvalue weighted by Gasteiger charge is 2.33. The van der Waals surface area contributed by atoms with Crippen molar-refractivity contribution in [3.8, 4) is 0 Å². The molecule has 2 amide bonds. The van der Waals surface area contributed by atoms with Crippen LogP contribution in [0.3, 0.4) is 0 Å². The van der Waals surface area contributed by atoms with Gasteiger partial charge >= 0.3 is 0 Å². The highest BCUT2D eigenvalue weighted by molar-refractivity contribution is 7.21. The number of carbonyl (C=O) groups excluding carboxylic acids is 2. The van der Waals surface area contributed by atoms with Gasteiger partial charge in [-0.25, -0.2) is 22.5 Å². The summed E-state index contributed by atoms with van der Waals surface area (Å²) >= 11 is 0.842. The Morgan fingerprint density at radius 1 is 1.09 bits per heavy atom. The van der Waals surface area contributed by atoms with E-state index in [2.05, 4.69) is 15.4 Å². The van der Waals surface area contributed by atoms with Gasteiger partial charge in [-0.05, 0) is 49.3 Å². The lowest BCUT2D eigenvalue weighted by Gasteiger charge is -2.11. The number of amides is 2. The predicted octanol–water partition coefficient (Wildman–Crippen LogP) is 4.86. The number of anilines is 1. The van der Waals surface area contributed by atoms with E-state index >= 15 is 0 Å². The molecule has 0 atom stereocenters. The van der Waals surface area contributed by atoms with Crippen LogP contribution in [0.15, 0.2) is 12.1 Å². The third kappa shape index (κ3) is 4.19. The number of carbonyl (C=O) groups is 2. The van der Waals surface area contributed by atoms with E-state index in [0.29, 0.717) is 16.6 Å². The van der Waals surface area contributed by atoms with Gasteiger partial charge in [-0.3, -0.25) is 14.3 Å². The molecule has 0 radical (unpaired) electrons. The van der Waals surface area contributed by atoms with E-state index in [1.54, 1.807) is 0 Å². The van der Waals surface area contributed by atoms with E-state index in [1.165, 1.54) is 16.8 Å². The van der Waals surface area contributed by atoms with Crippen LogP contribution in [0.25, 0.3) is 10.2 Å². The van der Waals surface area contributed by atoms with E-state index in [0.717, 1.165) is 37.0 Å². The molecule has 33 heavy (non-hydrogen) atoms. The Morgan fingerprint density at radius 2 is 1.76 bits per heavy atom. The molecule has 0 aromatic carbocycles. The van der Waals surface area contributed by atoms with Crippen molar-refractivity contribution < 1.29 is 27.2 Å². The first kappa shape index (κ1) is 21.8. The molecule has 0 bridgehead atoms. The van der Waals surface area contributed by atoms with Crippen LogP contribution in [0, 0.1) is 0 Å². The van der Waals surface area contributed by atoms with Gasteiger partial charge < -0.3 is 11.1 Å². The SMILES string of the molecule is NC(=O)c1sc2nc(C(F)F)cc(C3CC3)c2c1NC(=O)Cn1nc(C(F)F)cc1C1CC1. The Hall–Kier alpha value is -3.02. The topological polar surface area (TPSA) is 103 Å². The van der Waals surface area contributed by atoms with Gasteiger partial charge in [-0.15, -0.1) is 11.3 Å². The van der Waals surface area contributed by atoms with Gasteiger partial charge in [-0.2, -0.15) is 5.10 Å². The molecule has 7 nitrogen and oxygen atoms in total. The molecule has 2 aliphatic rings. The number of aromatic nitrogens is 3. The molecule has 3 heterocycles. The molecule has 3 aromatic rings. The highest BCUT2D eigenvalue weighted by atomic mass is 32.1. The smallest absolute Gasteiger partial charge is 0.282 e. The van der Waals surface area contributed by atoms with Gasteiger partial charge in [0.05, 0.1) is 5.69 Å². The quantitative estimate of drug-likeness (QED) is 0.449. The van der Waals surface area contributed by atoms with Crippen molar-refractivity contribution in [3.05, 3.63) is 39.7 Å². The van der Waals surface area contributed by atoms with Crippen molar-refractivity contribution >= 4 is 39.1 Å². The molecule has 3 N–H and O–H groups in total. The Labute approximate surface area is 189 Å². The molecular formula is C21H19F4N5O2S. The number of hydrogen-bond acceptors (Lipinski definition) is 5. The summed E-state index contributed by atoms with van der Waals surface area (Å²) in [6.45, 7) is -0.338. The second-order valence-corrected chi connectivity index (χ2v) is 9.34. The summed E-state index contributed by atoms with van der Waals surface area (Å²) in [6, 6.07) is 2.62. The number of rotatable bonds is 8. The monoisotopic (exact) mass is 481 g/mol. The van der Waals surface area contributed by atoms with E-state index in [9.17, 15) is 27.2 Å². The molecule has 5 rings (SSSR count). The Bertz CT molecular complexity index is 1260. The van der Waals surface area contributed by atoms with E-state index in [1.807, 2.05) is 0 Å². The lowest BCUT2D eigenvalue weighted by molar-refractivity contribution is -0.117. The molecule has 2 fully saturated rings. The van der Waals surface area contributed by atoms with Gasteiger partial charge in [0.25, 0.3) is 18.8 Å². The van der Waals surface area contributed by atoms with E-state index in [4.69, 9.17) is 5.73 Å². The van der Waals surface area contributed by atoms with Gasteiger partial charge in [0.2, 0.25) is 5.91 Å². The van der Waals surface area contributed by atoms with Gasteiger partial charge in [0.15, 0.2) is 0 Å². The standard InChI is InChI=1S/C21H19F4N5O2S/c22-18(23)11-5-10(8-1-2-8)15-16(17(20(26)32)33-21(15)27-11)28-14(31)7-30-13(9-3-4-9)6-12(29-30)19(24)25/h5-6,8-9,18-19H,1-4,7H2,(H2,26,32)(H,28,31). The van der Waals surface area contributed by atoms with Gasteiger partial charge in [0.1, 0.15) is 27.6 Å². The number of alkyl halides is 4. The van der Waals surface area contributed by atoms with Crippen LogP contribution >= 0.6 is 11.3 Å². The summed E-state index contributed by atoms with van der Waals surface area (Å²) in [5.74, 6) is -1.31. The van der Waals surface area contributed by atoms with Crippen LogP contribution in [0.4, 0.5) is 23.2 Å². The average molecular weight is 481 g/mol.